The molecule has 3 fully saturated rings. The quantitative estimate of drug-likeness (QED) is 0.730. The van der Waals surface area contributed by atoms with Gasteiger partial charge in [0, 0.05) is 31.5 Å². The van der Waals surface area contributed by atoms with Gasteiger partial charge in [-0.2, -0.15) is 0 Å². The van der Waals surface area contributed by atoms with E-state index >= 15 is 0 Å². The largest absolute Gasteiger partial charge is 0.299 e. The molecular weight excluding hydrogens is 210 g/mol. The molecule has 96 valence electrons. The van der Waals surface area contributed by atoms with E-state index in [2.05, 4.69) is 11.8 Å². The van der Waals surface area contributed by atoms with Crippen molar-refractivity contribution in [2.75, 3.05) is 13.1 Å². The van der Waals surface area contributed by atoms with Gasteiger partial charge in [0.15, 0.2) is 0 Å². The summed E-state index contributed by atoms with van der Waals surface area (Å²) in [4.78, 5) is 14.6. The molecule has 2 heteroatoms. The first kappa shape index (κ1) is 11.7. The Bertz CT molecular complexity index is 293. The van der Waals surface area contributed by atoms with Crippen LogP contribution in [-0.4, -0.2) is 29.8 Å². The fourth-order valence-corrected chi connectivity index (χ4v) is 3.23. The highest BCUT2D eigenvalue weighted by Gasteiger charge is 2.36. The lowest BCUT2D eigenvalue weighted by Gasteiger charge is -2.31. The summed E-state index contributed by atoms with van der Waals surface area (Å²) in [6, 6.07) is 0.834. The molecule has 0 radical (unpaired) electrons. The van der Waals surface area contributed by atoms with Crippen LogP contribution in [0.1, 0.15) is 51.9 Å². The second-order valence-corrected chi connectivity index (χ2v) is 6.67. The summed E-state index contributed by atoms with van der Waals surface area (Å²) in [5, 5.41) is 0. The van der Waals surface area contributed by atoms with Gasteiger partial charge in [0.2, 0.25) is 0 Å². The van der Waals surface area contributed by atoms with Crippen LogP contribution >= 0.6 is 0 Å². The van der Waals surface area contributed by atoms with Gasteiger partial charge in [0.1, 0.15) is 5.78 Å². The predicted molar refractivity (Wildman–Crippen MR) is 68.8 cm³/mol. The summed E-state index contributed by atoms with van der Waals surface area (Å²) >= 11 is 0. The van der Waals surface area contributed by atoms with Gasteiger partial charge in [-0.05, 0) is 50.4 Å². The summed E-state index contributed by atoms with van der Waals surface area (Å²) in [7, 11) is 0. The molecule has 0 aromatic carbocycles. The van der Waals surface area contributed by atoms with Crippen molar-refractivity contribution in [2.45, 2.75) is 57.9 Å². The normalized spacial score (nSPS) is 34.4. The molecule has 0 bridgehead atoms. The Morgan fingerprint density at radius 2 is 1.88 bits per heavy atom. The molecule has 2 unspecified atom stereocenters. The second kappa shape index (κ2) is 4.72. The zero-order valence-corrected chi connectivity index (χ0v) is 11.0. The van der Waals surface area contributed by atoms with Crippen LogP contribution in [0.25, 0.3) is 0 Å². The lowest BCUT2D eigenvalue weighted by Crippen LogP contribution is -2.38. The molecule has 0 N–H and O–H groups in total. The molecule has 0 aliphatic heterocycles. The number of carbonyl (C=O) groups excluding carboxylic acids is 1. The Morgan fingerprint density at radius 3 is 2.53 bits per heavy atom. The molecule has 3 rings (SSSR count). The van der Waals surface area contributed by atoms with Crippen molar-refractivity contribution in [1.82, 2.24) is 4.90 Å². The van der Waals surface area contributed by atoms with E-state index in [-0.39, 0.29) is 0 Å². The van der Waals surface area contributed by atoms with E-state index < -0.39 is 0 Å². The van der Waals surface area contributed by atoms with Gasteiger partial charge in [-0.3, -0.25) is 9.69 Å². The maximum absolute atomic E-state index is 12.0. The number of Topliss-reactive ketones (excluding diaryl/α,β-unsaturated/α-hetero) is 1. The SMILES string of the molecule is CC1CCC(=O)C(CN(CC2CC2)C2CC2)C1. The Hall–Kier alpha value is -0.370. The lowest BCUT2D eigenvalue weighted by molar-refractivity contribution is -0.126. The lowest BCUT2D eigenvalue weighted by atomic mass is 9.81. The highest BCUT2D eigenvalue weighted by Crippen LogP contribution is 2.36. The van der Waals surface area contributed by atoms with E-state index in [0.717, 1.165) is 43.7 Å². The molecule has 0 aromatic rings. The van der Waals surface area contributed by atoms with Crippen LogP contribution < -0.4 is 0 Å². The number of rotatable bonds is 5. The van der Waals surface area contributed by atoms with Crippen molar-refractivity contribution >= 4 is 5.78 Å². The van der Waals surface area contributed by atoms with Crippen molar-refractivity contribution in [2.24, 2.45) is 17.8 Å². The number of carbonyl (C=O) groups is 1. The minimum Gasteiger partial charge on any atom is -0.299 e. The zero-order valence-electron chi connectivity index (χ0n) is 11.0. The Morgan fingerprint density at radius 1 is 1.12 bits per heavy atom. The van der Waals surface area contributed by atoms with Crippen LogP contribution in [-0.2, 0) is 4.79 Å². The van der Waals surface area contributed by atoms with Gasteiger partial charge < -0.3 is 0 Å². The fourth-order valence-electron chi connectivity index (χ4n) is 3.23. The Balaban J connectivity index is 1.56. The van der Waals surface area contributed by atoms with Crippen molar-refractivity contribution in [3.05, 3.63) is 0 Å². The van der Waals surface area contributed by atoms with E-state index in [9.17, 15) is 4.79 Å². The van der Waals surface area contributed by atoms with Crippen molar-refractivity contribution in [3.8, 4) is 0 Å². The van der Waals surface area contributed by atoms with E-state index in [1.165, 1.54) is 32.2 Å². The molecule has 0 amide bonds. The van der Waals surface area contributed by atoms with Crippen LogP contribution in [0.3, 0.4) is 0 Å². The Labute approximate surface area is 105 Å². The van der Waals surface area contributed by atoms with E-state index in [0.29, 0.717) is 11.7 Å². The van der Waals surface area contributed by atoms with E-state index in [4.69, 9.17) is 0 Å². The average Bonchev–Trinajstić information content (AvgIpc) is 3.14. The van der Waals surface area contributed by atoms with Crippen LogP contribution in [0, 0.1) is 17.8 Å². The third kappa shape index (κ3) is 3.09. The maximum atomic E-state index is 12.0. The number of hydrogen-bond acceptors (Lipinski definition) is 2. The highest BCUT2D eigenvalue weighted by molar-refractivity contribution is 5.81. The first-order valence-corrected chi connectivity index (χ1v) is 7.49. The maximum Gasteiger partial charge on any atom is 0.137 e. The molecule has 3 saturated carbocycles. The number of nitrogens with zero attached hydrogens (tertiary/aromatic N) is 1. The van der Waals surface area contributed by atoms with Crippen LogP contribution in [0.15, 0.2) is 0 Å². The molecule has 0 heterocycles. The summed E-state index contributed by atoms with van der Waals surface area (Å²) in [6.07, 6.45) is 8.73. The van der Waals surface area contributed by atoms with Crippen molar-refractivity contribution < 1.29 is 4.79 Å². The summed E-state index contributed by atoms with van der Waals surface area (Å²) in [5.41, 5.74) is 0. The second-order valence-electron chi connectivity index (χ2n) is 6.67. The molecular formula is C15H25NO. The highest BCUT2D eigenvalue weighted by atomic mass is 16.1. The third-order valence-corrected chi connectivity index (χ3v) is 4.73. The predicted octanol–water partition coefficient (Wildman–Crippen LogP) is 2.87. The van der Waals surface area contributed by atoms with Gasteiger partial charge in [-0.25, -0.2) is 0 Å². The topological polar surface area (TPSA) is 20.3 Å². The molecule has 0 saturated heterocycles. The zero-order chi connectivity index (χ0) is 11.8. The molecule has 3 aliphatic carbocycles. The molecule has 3 aliphatic rings. The van der Waals surface area contributed by atoms with Crippen LogP contribution in [0.4, 0.5) is 0 Å². The standard InChI is InChI=1S/C15H25NO/c1-11-2-7-15(17)13(8-11)10-16(14-5-6-14)9-12-3-4-12/h11-14H,2-10H2,1H3. The van der Waals surface area contributed by atoms with E-state index in [1.54, 1.807) is 0 Å². The minimum atomic E-state index is 0.359. The third-order valence-electron chi connectivity index (χ3n) is 4.73. The molecule has 0 aromatic heterocycles. The molecule has 2 atom stereocenters. The fraction of sp³-hybridized carbons (Fsp3) is 0.933. The van der Waals surface area contributed by atoms with Crippen molar-refractivity contribution in [3.63, 3.8) is 0 Å². The smallest absolute Gasteiger partial charge is 0.137 e. The Kier molecular flexibility index (Phi) is 3.25. The monoisotopic (exact) mass is 235 g/mol. The van der Waals surface area contributed by atoms with E-state index in [1.807, 2.05) is 0 Å². The average molecular weight is 235 g/mol. The van der Waals surface area contributed by atoms with Gasteiger partial charge in [-0.15, -0.1) is 0 Å². The van der Waals surface area contributed by atoms with Crippen LogP contribution in [0.5, 0.6) is 0 Å². The first-order valence-electron chi connectivity index (χ1n) is 7.49. The number of hydrogen-bond donors (Lipinski definition) is 0. The van der Waals surface area contributed by atoms with Gasteiger partial charge in [-0.1, -0.05) is 6.92 Å². The molecule has 2 nitrogen and oxygen atoms in total. The number of ketones is 1. The minimum absolute atomic E-state index is 0.359. The molecule has 17 heavy (non-hydrogen) atoms. The van der Waals surface area contributed by atoms with Gasteiger partial charge in [0.05, 0.1) is 0 Å². The molecule has 0 spiro atoms. The summed E-state index contributed by atoms with van der Waals surface area (Å²) in [5.74, 6) is 2.63. The van der Waals surface area contributed by atoms with Crippen LogP contribution in [0.2, 0.25) is 0 Å². The summed E-state index contributed by atoms with van der Waals surface area (Å²) in [6.45, 7) is 4.66. The van der Waals surface area contributed by atoms with Gasteiger partial charge >= 0.3 is 0 Å². The summed E-state index contributed by atoms with van der Waals surface area (Å²) < 4.78 is 0. The first-order chi connectivity index (χ1) is 8.22. The van der Waals surface area contributed by atoms with Gasteiger partial charge in [0.25, 0.3) is 0 Å². The van der Waals surface area contributed by atoms with Crippen molar-refractivity contribution in [1.29, 1.82) is 0 Å².